The number of ether oxygens (including phenoxy) is 1. The van der Waals surface area contributed by atoms with Crippen LogP contribution in [0.2, 0.25) is 0 Å². The number of hydrogen-bond acceptors (Lipinski definition) is 2. The molecule has 0 bridgehead atoms. The molecule has 1 rings (SSSR count). The van der Waals surface area contributed by atoms with Gasteiger partial charge in [-0.3, -0.25) is 4.79 Å². The summed E-state index contributed by atoms with van der Waals surface area (Å²) in [5, 5.41) is 3.04. The minimum atomic E-state index is 0.170. The molecule has 0 radical (unpaired) electrons. The number of hydrogen-bond donors (Lipinski definition) is 1. The molecule has 1 atom stereocenters. The summed E-state index contributed by atoms with van der Waals surface area (Å²) >= 11 is 0. The van der Waals surface area contributed by atoms with Crippen LogP contribution in [0.25, 0.3) is 0 Å². The molecule has 0 spiro atoms. The predicted octanol–water partition coefficient (Wildman–Crippen LogP) is 3.32. The Morgan fingerprint density at radius 2 is 2.00 bits per heavy atom. The number of methoxy groups -OCH3 is 1. The Hall–Kier alpha value is -1.51. The lowest BCUT2D eigenvalue weighted by atomic mass is 10.1. The van der Waals surface area contributed by atoms with Gasteiger partial charge in [-0.25, -0.2) is 0 Å². The van der Waals surface area contributed by atoms with Crippen molar-refractivity contribution in [3.05, 3.63) is 29.8 Å². The number of rotatable bonds is 8. The highest BCUT2D eigenvalue weighted by Gasteiger charge is 2.07. The zero-order chi connectivity index (χ0) is 14.1. The van der Waals surface area contributed by atoms with Gasteiger partial charge in [0.05, 0.1) is 7.11 Å². The van der Waals surface area contributed by atoms with Crippen LogP contribution in [-0.4, -0.2) is 19.1 Å². The average molecular weight is 263 g/mol. The number of benzene rings is 1. The van der Waals surface area contributed by atoms with Gasteiger partial charge in [0, 0.05) is 12.5 Å². The van der Waals surface area contributed by atoms with Crippen molar-refractivity contribution >= 4 is 5.91 Å². The Labute approximate surface area is 116 Å². The molecule has 1 amide bonds. The molecule has 19 heavy (non-hydrogen) atoms. The second-order valence-electron chi connectivity index (χ2n) is 4.96. The molecule has 3 heteroatoms. The van der Waals surface area contributed by atoms with E-state index in [4.69, 9.17) is 4.74 Å². The first-order chi connectivity index (χ1) is 9.15. The van der Waals surface area contributed by atoms with E-state index in [1.165, 1.54) is 5.56 Å². The number of carbonyl (C=O) groups excluding carboxylic acids is 1. The number of nitrogens with one attached hydrogen (secondary N) is 1. The van der Waals surface area contributed by atoms with Gasteiger partial charge in [-0.15, -0.1) is 0 Å². The monoisotopic (exact) mass is 263 g/mol. The largest absolute Gasteiger partial charge is 0.497 e. The van der Waals surface area contributed by atoms with Gasteiger partial charge in [-0.05, 0) is 43.9 Å². The Bertz CT molecular complexity index is 373. The SMILES string of the molecule is CCCCC(=O)NC(C)CCc1ccc(OC)cc1. The topological polar surface area (TPSA) is 38.3 Å². The molecule has 0 fully saturated rings. The smallest absolute Gasteiger partial charge is 0.220 e. The van der Waals surface area contributed by atoms with Crippen molar-refractivity contribution in [3.8, 4) is 5.75 Å². The fourth-order valence-electron chi connectivity index (χ4n) is 1.93. The van der Waals surface area contributed by atoms with Crippen LogP contribution in [0.4, 0.5) is 0 Å². The Balaban J connectivity index is 2.28. The highest BCUT2D eigenvalue weighted by molar-refractivity contribution is 5.76. The Morgan fingerprint density at radius 3 is 2.58 bits per heavy atom. The van der Waals surface area contributed by atoms with Crippen molar-refractivity contribution < 1.29 is 9.53 Å². The lowest BCUT2D eigenvalue weighted by molar-refractivity contribution is -0.121. The molecule has 0 aliphatic heterocycles. The Morgan fingerprint density at radius 1 is 1.32 bits per heavy atom. The van der Waals surface area contributed by atoms with Crippen molar-refractivity contribution in [3.63, 3.8) is 0 Å². The van der Waals surface area contributed by atoms with E-state index in [1.807, 2.05) is 12.1 Å². The maximum Gasteiger partial charge on any atom is 0.220 e. The minimum absolute atomic E-state index is 0.170. The van der Waals surface area contributed by atoms with Crippen LogP contribution < -0.4 is 10.1 Å². The lowest BCUT2D eigenvalue weighted by Gasteiger charge is -2.14. The molecule has 1 aromatic rings. The summed E-state index contributed by atoms with van der Waals surface area (Å²) in [5.74, 6) is 1.05. The van der Waals surface area contributed by atoms with Crippen LogP contribution in [0.5, 0.6) is 5.75 Å². The van der Waals surface area contributed by atoms with Crippen molar-refractivity contribution in [2.45, 2.75) is 52.0 Å². The summed E-state index contributed by atoms with van der Waals surface area (Å²) in [4.78, 5) is 11.6. The number of carbonyl (C=O) groups is 1. The van der Waals surface area contributed by atoms with Gasteiger partial charge in [-0.1, -0.05) is 25.5 Å². The highest BCUT2D eigenvalue weighted by atomic mass is 16.5. The van der Waals surface area contributed by atoms with Crippen molar-refractivity contribution in [1.82, 2.24) is 5.32 Å². The van der Waals surface area contributed by atoms with Crippen LogP contribution in [-0.2, 0) is 11.2 Å². The van der Waals surface area contributed by atoms with E-state index in [0.717, 1.165) is 31.4 Å². The zero-order valence-electron chi connectivity index (χ0n) is 12.2. The Kier molecular flexibility index (Phi) is 7.01. The van der Waals surface area contributed by atoms with Crippen LogP contribution in [0, 0.1) is 0 Å². The standard InChI is InChI=1S/C16H25NO2/c1-4-5-6-16(18)17-13(2)7-8-14-9-11-15(19-3)12-10-14/h9-13H,4-8H2,1-3H3,(H,17,18). The van der Waals surface area contributed by atoms with E-state index in [2.05, 4.69) is 31.3 Å². The third-order valence-electron chi connectivity index (χ3n) is 3.19. The van der Waals surface area contributed by atoms with Gasteiger partial charge in [0.25, 0.3) is 0 Å². The molecule has 0 aliphatic carbocycles. The first kappa shape index (κ1) is 15.5. The molecule has 0 aromatic heterocycles. The highest BCUT2D eigenvalue weighted by Crippen LogP contribution is 2.13. The summed E-state index contributed by atoms with van der Waals surface area (Å²) < 4.78 is 5.13. The van der Waals surface area contributed by atoms with E-state index in [-0.39, 0.29) is 11.9 Å². The first-order valence-corrected chi connectivity index (χ1v) is 7.08. The summed E-state index contributed by atoms with van der Waals surface area (Å²) in [6.07, 6.45) is 4.61. The van der Waals surface area contributed by atoms with Crippen LogP contribution >= 0.6 is 0 Å². The molecule has 1 N–H and O–H groups in total. The zero-order valence-corrected chi connectivity index (χ0v) is 12.2. The number of unbranched alkanes of at least 4 members (excludes halogenated alkanes) is 1. The van der Waals surface area contributed by atoms with Gasteiger partial charge in [0.2, 0.25) is 5.91 Å². The van der Waals surface area contributed by atoms with Crippen LogP contribution in [0.1, 0.15) is 45.1 Å². The van der Waals surface area contributed by atoms with Gasteiger partial charge in [0.15, 0.2) is 0 Å². The first-order valence-electron chi connectivity index (χ1n) is 7.08. The van der Waals surface area contributed by atoms with Gasteiger partial charge < -0.3 is 10.1 Å². The fraction of sp³-hybridized carbons (Fsp3) is 0.562. The third-order valence-corrected chi connectivity index (χ3v) is 3.19. The number of amides is 1. The summed E-state index contributed by atoms with van der Waals surface area (Å²) in [6.45, 7) is 4.16. The van der Waals surface area contributed by atoms with E-state index >= 15 is 0 Å². The van der Waals surface area contributed by atoms with Crippen molar-refractivity contribution in [2.24, 2.45) is 0 Å². The quantitative estimate of drug-likeness (QED) is 0.781. The molecule has 0 saturated carbocycles. The molecule has 1 aromatic carbocycles. The van der Waals surface area contributed by atoms with Crippen LogP contribution in [0.3, 0.4) is 0 Å². The van der Waals surface area contributed by atoms with Gasteiger partial charge in [0.1, 0.15) is 5.75 Å². The lowest BCUT2D eigenvalue weighted by Crippen LogP contribution is -2.32. The second-order valence-corrected chi connectivity index (χ2v) is 4.96. The second kappa shape index (κ2) is 8.57. The van der Waals surface area contributed by atoms with Gasteiger partial charge >= 0.3 is 0 Å². The number of aryl methyl sites for hydroxylation is 1. The van der Waals surface area contributed by atoms with Crippen molar-refractivity contribution in [2.75, 3.05) is 7.11 Å². The molecule has 1 unspecified atom stereocenters. The van der Waals surface area contributed by atoms with E-state index < -0.39 is 0 Å². The van der Waals surface area contributed by atoms with E-state index in [1.54, 1.807) is 7.11 Å². The normalized spacial score (nSPS) is 11.9. The molecule has 3 nitrogen and oxygen atoms in total. The minimum Gasteiger partial charge on any atom is -0.497 e. The summed E-state index contributed by atoms with van der Waals surface area (Å²) in [5.41, 5.74) is 1.27. The third kappa shape index (κ3) is 6.27. The molecular formula is C16H25NO2. The average Bonchev–Trinajstić information content (AvgIpc) is 2.43. The predicted molar refractivity (Wildman–Crippen MR) is 78.4 cm³/mol. The molecule has 106 valence electrons. The summed E-state index contributed by atoms with van der Waals surface area (Å²) in [6, 6.07) is 8.32. The van der Waals surface area contributed by atoms with Crippen molar-refractivity contribution in [1.29, 1.82) is 0 Å². The molecule has 0 saturated heterocycles. The van der Waals surface area contributed by atoms with Crippen LogP contribution in [0.15, 0.2) is 24.3 Å². The summed E-state index contributed by atoms with van der Waals surface area (Å²) in [7, 11) is 1.67. The van der Waals surface area contributed by atoms with E-state index in [0.29, 0.717) is 6.42 Å². The maximum atomic E-state index is 11.6. The molecule has 0 aliphatic rings. The maximum absolute atomic E-state index is 11.6. The van der Waals surface area contributed by atoms with Gasteiger partial charge in [-0.2, -0.15) is 0 Å². The fourth-order valence-corrected chi connectivity index (χ4v) is 1.93. The molecule has 0 heterocycles. The van der Waals surface area contributed by atoms with E-state index in [9.17, 15) is 4.79 Å². The molecular weight excluding hydrogens is 238 g/mol.